The fourth-order valence-electron chi connectivity index (χ4n) is 1.68. The van der Waals surface area contributed by atoms with Gasteiger partial charge in [-0.1, -0.05) is 39.1 Å². The Morgan fingerprint density at radius 3 is 2.50 bits per heavy atom. The van der Waals surface area contributed by atoms with Gasteiger partial charge in [-0.3, -0.25) is 10.1 Å². The second-order valence-electron chi connectivity index (χ2n) is 4.01. The van der Waals surface area contributed by atoms with Gasteiger partial charge in [0.1, 0.15) is 5.69 Å². The van der Waals surface area contributed by atoms with Crippen molar-refractivity contribution in [2.75, 3.05) is 5.32 Å². The van der Waals surface area contributed by atoms with Gasteiger partial charge in [-0.2, -0.15) is 0 Å². The first kappa shape index (κ1) is 15.1. The number of benzene rings is 2. The highest BCUT2D eigenvalue weighted by Crippen LogP contribution is 2.29. The number of nitro groups is 1. The topological polar surface area (TPSA) is 55.2 Å². The molecule has 0 amide bonds. The first-order chi connectivity index (χ1) is 9.47. The number of halogens is 3. The Hall–Kier alpha value is -1.30. The smallest absolute Gasteiger partial charge is 0.292 e. The molecule has 7 heteroatoms. The predicted molar refractivity (Wildman–Crippen MR) is 84.6 cm³/mol. The average Bonchev–Trinajstić information content (AvgIpc) is 2.39. The van der Waals surface area contributed by atoms with Gasteiger partial charge in [0.05, 0.1) is 4.92 Å². The molecule has 0 saturated heterocycles. The van der Waals surface area contributed by atoms with Crippen molar-refractivity contribution in [2.45, 2.75) is 6.54 Å². The molecule has 0 unspecified atom stereocenters. The van der Waals surface area contributed by atoms with E-state index in [1.54, 1.807) is 12.1 Å². The molecule has 0 heterocycles. The Kier molecular flexibility index (Phi) is 4.86. The summed E-state index contributed by atoms with van der Waals surface area (Å²) < 4.78 is 0.874. The zero-order valence-corrected chi connectivity index (χ0v) is 13.2. The summed E-state index contributed by atoms with van der Waals surface area (Å²) in [5.74, 6) is 0. The van der Waals surface area contributed by atoms with Crippen molar-refractivity contribution in [3.8, 4) is 0 Å². The molecule has 20 heavy (non-hydrogen) atoms. The molecular formula is C13H9BrCl2N2O2. The molecule has 0 aliphatic heterocycles. The van der Waals surface area contributed by atoms with E-state index in [-0.39, 0.29) is 5.69 Å². The number of anilines is 1. The van der Waals surface area contributed by atoms with E-state index >= 15 is 0 Å². The third-order valence-corrected chi connectivity index (χ3v) is 3.88. The minimum Gasteiger partial charge on any atom is -0.375 e. The highest BCUT2D eigenvalue weighted by molar-refractivity contribution is 9.10. The van der Waals surface area contributed by atoms with Crippen molar-refractivity contribution in [3.63, 3.8) is 0 Å². The molecular weight excluding hydrogens is 367 g/mol. The molecule has 0 spiro atoms. The first-order valence-electron chi connectivity index (χ1n) is 5.59. The minimum atomic E-state index is -0.453. The van der Waals surface area contributed by atoms with Crippen LogP contribution in [0.2, 0.25) is 10.0 Å². The van der Waals surface area contributed by atoms with Gasteiger partial charge in [-0.15, -0.1) is 0 Å². The van der Waals surface area contributed by atoms with Crippen molar-refractivity contribution in [1.29, 1.82) is 0 Å². The monoisotopic (exact) mass is 374 g/mol. The van der Waals surface area contributed by atoms with Crippen molar-refractivity contribution >= 4 is 50.5 Å². The van der Waals surface area contributed by atoms with Crippen LogP contribution in [0.4, 0.5) is 11.4 Å². The first-order valence-corrected chi connectivity index (χ1v) is 7.14. The molecule has 0 radical (unpaired) electrons. The second kappa shape index (κ2) is 6.43. The molecule has 2 rings (SSSR count). The zero-order chi connectivity index (χ0) is 14.7. The van der Waals surface area contributed by atoms with Gasteiger partial charge < -0.3 is 5.32 Å². The zero-order valence-electron chi connectivity index (χ0n) is 10.1. The van der Waals surface area contributed by atoms with E-state index < -0.39 is 4.92 Å². The highest BCUT2D eigenvalue weighted by Gasteiger charge is 2.14. The number of nitrogens with zero attached hydrogens (tertiary/aromatic N) is 1. The van der Waals surface area contributed by atoms with Crippen LogP contribution >= 0.6 is 39.1 Å². The quantitative estimate of drug-likeness (QED) is 0.584. The van der Waals surface area contributed by atoms with Crippen LogP contribution in [0, 0.1) is 10.1 Å². The van der Waals surface area contributed by atoms with E-state index in [4.69, 9.17) is 23.2 Å². The van der Waals surface area contributed by atoms with E-state index in [9.17, 15) is 10.1 Å². The van der Waals surface area contributed by atoms with Crippen molar-refractivity contribution in [3.05, 3.63) is 66.6 Å². The molecule has 0 atom stereocenters. The number of rotatable bonds is 4. The van der Waals surface area contributed by atoms with E-state index in [1.807, 2.05) is 6.07 Å². The summed E-state index contributed by atoms with van der Waals surface area (Å²) in [6, 6.07) is 9.76. The molecule has 0 fully saturated rings. The van der Waals surface area contributed by atoms with Gasteiger partial charge in [0.15, 0.2) is 0 Å². The summed E-state index contributed by atoms with van der Waals surface area (Å²) in [5.41, 5.74) is 1.24. The van der Waals surface area contributed by atoms with E-state index in [0.29, 0.717) is 22.3 Å². The largest absolute Gasteiger partial charge is 0.375 e. The van der Waals surface area contributed by atoms with Crippen LogP contribution in [0.3, 0.4) is 0 Å². The number of hydrogen-bond donors (Lipinski definition) is 1. The molecule has 0 aliphatic carbocycles. The third kappa shape index (κ3) is 3.62. The standard InChI is InChI=1S/C13H9BrCl2N2O2/c14-11-3-1-9(15)5-8(11)7-17-12-6-10(16)2-4-13(12)18(19)20/h1-6,17H,7H2. The Morgan fingerprint density at radius 1 is 1.15 bits per heavy atom. The Labute approximate surface area is 134 Å². The summed E-state index contributed by atoms with van der Waals surface area (Å²) in [5, 5.41) is 15.0. The number of nitrogens with one attached hydrogen (secondary N) is 1. The maximum atomic E-state index is 11.0. The van der Waals surface area contributed by atoms with Crippen molar-refractivity contribution < 1.29 is 4.92 Å². The SMILES string of the molecule is O=[N+]([O-])c1ccc(Cl)cc1NCc1cc(Cl)ccc1Br. The molecule has 0 aliphatic rings. The van der Waals surface area contributed by atoms with Crippen LogP contribution in [0.15, 0.2) is 40.9 Å². The minimum absolute atomic E-state index is 0.0208. The molecule has 2 aromatic carbocycles. The van der Waals surface area contributed by atoms with Crippen LogP contribution in [0.5, 0.6) is 0 Å². The van der Waals surface area contributed by atoms with Crippen LogP contribution in [0.25, 0.3) is 0 Å². The lowest BCUT2D eigenvalue weighted by molar-refractivity contribution is -0.384. The summed E-state index contributed by atoms with van der Waals surface area (Å²) in [7, 11) is 0. The normalized spacial score (nSPS) is 10.3. The maximum Gasteiger partial charge on any atom is 0.292 e. The Bertz CT molecular complexity index is 665. The lowest BCUT2D eigenvalue weighted by Gasteiger charge is -2.09. The van der Waals surface area contributed by atoms with Crippen molar-refractivity contribution in [1.82, 2.24) is 0 Å². The van der Waals surface area contributed by atoms with E-state index in [2.05, 4.69) is 21.2 Å². The Balaban J connectivity index is 2.24. The summed E-state index contributed by atoms with van der Waals surface area (Å²) >= 11 is 15.2. The highest BCUT2D eigenvalue weighted by atomic mass is 79.9. The summed E-state index contributed by atoms with van der Waals surface area (Å²) in [4.78, 5) is 10.5. The van der Waals surface area contributed by atoms with E-state index in [1.165, 1.54) is 18.2 Å². The molecule has 104 valence electrons. The summed E-state index contributed by atoms with van der Waals surface area (Å²) in [6.07, 6.45) is 0. The molecule has 2 aromatic rings. The second-order valence-corrected chi connectivity index (χ2v) is 5.74. The number of nitro benzene ring substituents is 1. The van der Waals surface area contributed by atoms with Gasteiger partial charge in [-0.25, -0.2) is 0 Å². The maximum absolute atomic E-state index is 11.0. The van der Waals surface area contributed by atoms with Crippen LogP contribution in [-0.2, 0) is 6.54 Å². The predicted octanol–water partition coefficient (Wildman–Crippen LogP) is 5.28. The van der Waals surface area contributed by atoms with Gasteiger partial charge in [-0.05, 0) is 35.9 Å². The van der Waals surface area contributed by atoms with Crippen LogP contribution < -0.4 is 5.32 Å². The number of hydrogen-bond acceptors (Lipinski definition) is 3. The lowest BCUT2D eigenvalue weighted by Crippen LogP contribution is -2.03. The fraction of sp³-hybridized carbons (Fsp3) is 0.0769. The molecule has 4 nitrogen and oxygen atoms in total. The Morgan fingerprint density at radius 2 is 1.80 bits per heavy atom. The molecule has 1 N–H and O–H groups in total. The van der Waals surface area contributed by atoms with Gasteiger partial charge in [0, 0.05) is 27.1 Å². The third-order valence-electron chi connectivity index (χ3n) is 2.63. The molecule has 0 bridgehead atoms. The van der Waals surface area contributed by atoms with Gasteiger partial charge in [0.2, 0.25) is 0 Å². The molecule has 0 aromatic heterocycles. The molecule has 0 saturated carbocycles. The van der Waals surface area contributed by atoms with Crippen LogP contribution in [-0.4, -0.2) is 4.92 Å². The fourth-order valence-corrected chi connectivity index (χ4v) is 2.43. The average molecular weight is 376 g/mol. The van der Waals surface area contributed by atoms with Gasteiger partial charge in [0.25, 0.3) is 5.69 Å². The van der Waals surface area contributed by atoms with Gasteiger partial charge >= 0.3 is 0 Å². The summed E-state index contributed by atoms with van der Waals surface area (Å²) in [6.45, 7) is 0.391. The lowest BCUT2D eigenvalue weighted by atomic mass is 10.2. The van der Waals surface area contributed by atoms with Crippen molar-refractivity contribution in [2.24, 2.45) is 0 Å². The van der Waals surface area contributed by atoms with Crippen LogP contribution in [0.1, 0.15) is 5.56 Å². The van der Waals surface area contributed by atoms with E-state index in [0.717, 1.165) is 10.0 Å².